The van der Waals surface area contributed by atoms with Crippen molar-refractivity contribution in [3.05, 3.63) is 59.4 Å². The van der Waals surface area contributed by atoms with E-state index in [2.05, 4.69) is 20.4 Å². The Bertz CT molecular complexity index is 939. The van der Waals surface area contributed by atoms with E-state index in [9.17, 15) is 14.0 Å². The maximum Gasteiger partial charge on any atom is 0.378 e. The first-order chi connectivity index (χ1) is 12.5. The van der Waals surface area contributed by atoms with Gasteiger partial charge in [-0.25, -0.2) is 18.7 Å². The van der Waals surface area contributed by atoms with E-state index in [1.54, 1.807) is 31.3 Å². The van der Waals surface area contributed by atoms with Crippen LogP contribution in [0.5, 0.6) is 0 Å². The number of ether oxygens (including phenoxy) is 1. The predicted octanol–water partition coefficient (Wildman–Crippen LogP) is 1.09. The highest BCUT2D eigenvalue weighted by Crippen LogP contribution is 2.04. The van der Waals surface area contributed by atoms with Crippen molar-refractivity contribution < 1.29 is 18.7 Å². The van der Waals surface area contributed by atoms with Crippen LogP contribution in [-0.4, -0.2) is 44.6 Å². The molecule has 0 spiro atoms. The maximum absolute atomic E-state index is 12.8. The lowest BCUT2D eigenvalue weighted by Gasteiger charge is -2.05. The number of benzene rings is 1. The molecule has 1 aromatic carbocycles. The molecule has 8 nitrogen and oxygen atoms in total. The number of carbonyl (C=O) groups excluding carboxylic acids is 2. The van der Waals surface area contributed by atoms with Crippen LogP contribution in [0.25, 0.3) is 5.78 Å². The smallest absolute Gasteiger partial charge is 0.378 e. The molecule has 0 atom stereocenters. The zero-order valence-electron chi connectivity index (χ0n) is 14.0. The number of nitrogens with zero attached hydrogens (tertiary/aromatic N) is 4. The molecule has 1 N–H and O–H groups in total. The fraction of sp³-hybridized carbons (Fsp3) is 0.235. The van der Waals surface area contributed by atoms with Crippen molar-refractivity contribution in [2.24, 2.45) is 0 Å². The number of aromatic nitrogens is 4. The summed E-state index contributed by atoms with van der Waals surface area (Å²) in [5, 5.41) is 6.63. The van der Waals surface area contributed by atoms with Crippen LogP contribution in [0.4, 0.5) is 4.39 Å². The number of aryl methyl sites for hydroxylation is 1. The summed E-state index contributed by atoms with van der Waals surface area (Å²) in [7, 11) is 0. The normalized spacial score (nSPS) is 10.7. The molecule has 3 aromatic rings. The van der Waals surface area contributed by atoms with E-state index in [1.165, 1.54) is 16.6 Å². The summed E-state index contributed by atoms with van der Waals surface area (Å²) in [6, 6.07) is 7.74. The van der Waals surface area contributed by atoms with Crippen LogP contribution in [0.1, 0.15) is 21.9 Å². The third-order valence-electron chi connectivity index (χ3n) is 3.60. The summed E-state index contributed by atoms with van der Waals surface area (Å²) < 4.78 is 19.1. The van der Waals surface area contributed by atoms with Crippen molar-refractivity contribution >= 4 is 17.7 Å². The SMILES string of the molecule is Cc1ccnc2nc(C(=O)OCC(=O)NCCc3ccc(F)cc3)nn12. The Balaban J connectivity index is 1.46. The minimum atomic E-state index is -0.802. The van der Waals surface area contributed by atoms with E-state index < -0.39 is 18.5 Å². The number of hydrogen-bond donors (Lipinski definition) is 1. The molecular weight excluding hydrogens is 341 g/mol. The van der Waals surface area contributed by atoms with Crippen LogP contribution in [-0.2, 0) is 16.0 Å². The quantitative estimate of drug-likeness (QED) is 0.663. The zero-order valence-corrected chi connectivity index (χ0v) is 14.0. The van der Waals surface area contributed by atoms with Crippen molar-refractivity contribution in [3.63, 3.8) is 0 Å². The number of amides is 1. The predicted molar refractivity (Wildman–Crippen MR) is 88.9 cm³/mol. The number of nitrogens with one attached hydrogen (secondary N) is 1. The van der Waals surface area contributed by atoms with Gasteiger partial charge in [-0.3, -0.25) is 4.79 Å². The van der Waals surface area contributed by atoms with Gasteiger partial charge in [-0.1, -0.05) is 12.1 Å². The molecule has 0 saturated carbocycles. The number of hydrogen-bond acceptors (Lipinski definition) is 6. The second-order valence-corrected chi connectivity index (χ2v) is 5.54. The highest BCUT2D eigenvalue weighted by Gasteiger charge is 2.17. The molecule has 3 rings (SSSR count). The Kier molecular flexibility index (Phi) is 5.16. The Morgan fingerprint density at radius 3 is 2.73 bits per heavy atom. The van der Waals surface area contributed by atoms with Crippen LogP contribution in [0.3, 0.4) is 0 Å². The van der Waals surface area contributed by atoms with Gasteiger partial charge in [0.25, 0.3) is 17.5 Å². The summed E-state index contributed by atoms with van der Waals surface area (Å²) >= 11 is 0. The zero-order chi connectivity index (χ0) is 18.5. The Labute approximate surface area is 148 Å². The first-order valence-electron chi connectivity index (χ1n) is 7.89. The van der Waals surface area contributed by atoms with Crippen LogP contribution in [0.15, 0.2) is 36.5 Å². The van der Waals surface area contributed by atoms with Crippen molar-refractivity contribution in [2.75, 3.05) is 13.2 Å². The Morgan fingerprint density at radius 2 is 2.00 bits per heavy atom. The second-order valence-electron chi connectivity index (χ2n) is 5.54. The molecule has 26 heavy (non-hydrogen) atoms. The third-order valence-corrected chi connectivity index (χ3v) is 3.60. The highest BCUT2D eigenvalue weighted by molar-refractivity contribution is 5.88. The van der Waals surface area contributed by atoms with E-state index in [4.69, 9.17) is 4.74 Å². The first kappa shape index (κ1) is 17.5. The molecule has 0 bridgehead atoms. The molecule has 1 amide bonds. The molecule has 0 saturated heterocycles. The lowest BCUT2D eigenvalue weighted by atomic mass is 10.1. The lowest BCUT2D eigenvalue weighted by molar-refractivity contribution is -0.124. The maximum atomic E-state index is 12.8. The average molecular weight is 357 g/mol. The van der Waals surface area contributed by atoms with Gasteiger partial charge in [0.15, 0.2) is 6.61 Å². The van der Waals surface area contributed by atoms with Gasteiger partial charge in [0.1, 0.15) is 5.82 Å². The molecular formula is C17H16FN5O3. The van der Waals surface area contributed by atoms with Gasteiger partial charge in [0, 0.05) is 18.4 Å². The number of rotatable bonds is 6. The molecule has 2 aromatic heterocycles. The summed E-state index contributed by atoms with van der Waals surface area (Å²) in [4.78, 5) is 31.7. The second kappa shape index (κ2) is 7.68. The van der Waals surface area contributed by atoms with Gasteiger partial charge in [0.2, 0.25) is 0 Å². The van der Waals surface area contributed by atoms with Gasteiger partial charge < -0.3 is 10.1 Å². The van der Waals surface area contributed by atoms with Crippen molar-refractivity contribution in [2.45, 2.75) is 13.3 Å². The number of esters is 1. The van der Waals surface area contributed by atoms with Crippen molar-refractivity contribution in [1.29, 1.82) is 0 Å². The van der Waals surface area contributed by atoms with E-state index in [0.717, 1.165) is 11.3 Å². The summed E-state index contributed by atoms with van der Waals surface area (Å²) in [6.45, 7) is 1.70. The fourth-order valence-corrected chi connectivity index (χ4v) is 2.24. The van der Waals surface area contributed by atoms with E-state index in [1.807, 2.05) is 0 Å². The minimum Gasteiger partial charge on any atom is -0.450 e. The van der Waals surface area contributed by atoms with Gasteiger partial charge in [-0.2, -0.15) is 4.98 Å². The summed E-state index contributed by atoms with van der Waals surface area (Å²) in [6.07, 6.45) is 2.10. The first-order valence-corrected chi connectivity index (χ1v) is 7.89. The van der Waals surface area contributed by atoms with Crippen molar-refractivity contribution in [1.82, 2.24) is 24.9 Å². The fourth-order valence-electron chi connectivity index (χ4n) is 2.24. The van der Waals surface area contributed by atoms with Crippen molar-refractivity contribution in [3.8, 4) is 0 Å². The number of fused-ring (bicyclic) bond motifs is 1. The average Bonchev–Trinajstić information content (AvgIpc) is 3.07. The molecule has 0 unspecified atom stereocenters. The highest BCUT2D eigenvalue weighted by atomic mass is 19.1. The molecule has 134 valence electrons. The van der Waals surface area contributed by atoms with Gasteiger partial charge in [0.05, 0.1) is 0 Å². The van der Waals surface area contributed by atoms with E-state index >= 15 is 0 Å². The topological polar surface area (TPSA) is 98.5 Å². The molecule has 2 heterocycles. The molecule has 0 fully saturated rings. The number of carbonyl (C=O) groups is 2. The van der Waals surface area contributed by atoms with Gasteiger partial charge in [-0.05, 0) is 37.1 Å². The largest absolute Gasteiger partial charge is 0.450 e. The van der Waals surface area contributed by atoms with E-state index in [0.29, 0.717) is 13.0 Å². The van der Waals surface area contributed by atoms with Crippen LogP contribution in [0.2, 0.25) is 0 Å². The third kappa shape index (κ3) is 4.18. The van der Waals surface area contributed by atoms with Gasteiger partial charge in [-0.15, -0.1) is 5.10 Å². The minimum absolute atomic E-state index is 0.161. The summed E-state index contributed by atoms with van der Waals surface area (Å²) in [5.41, 5.74) is 1.65. The molecule has 0 aliphatic heterocycles. The molecule has 0 radical (unpaired) electrons. The molecule has 0 aliphatic carbocycles. The summed E-state index contributed by atoms with van der Waals surface area (Å²) in [5.74, 6) is -1.44. The Hall–Kier alpha value is -3.36. The van der Waals surface area contributed by atoms with Gasteiger partial charge >= 0.3 is 5.97 Å². The van der Waals surface area contributed by atoms with Crippen LogP contribution < -0.4 is 5.32 Å². The van der Waals surface area contributed by atoms with Crippen LogP contribution >= 0.6 is 0 Å². The standard InChI is InChI=1S/C17H16FN5O3/c1-11-6-8-20-17-21-15(22-23(11)17)16(25)26-10-14(24)19-9-7-12-2-4-13(18)5-3-12/h2-6,8H,7,9-10H2,1H3,(H,19,24). The number of halogens is 1. The molecule has 0 aliphatic rings. The lowest BCUT2D eigenvalue weighted by Crippen LogP contribution is -2.30. The Morgan fingerprint density at radius 1 is 1.23 bits per heavy atom. The van der Waals surface area contributed by atoms with Crippen LogP contribution in [0, 0.1) is 12.7 Å². The monoisotopic (exact) mass is 357 g/mol. The molecule has 9 heteroatoms. The van der Waals surface area contributed by atoms with E-state index in [-0.39, 0.29) is 17.4 Å².